The maximum absolute atomic E-state index is 10.9. The third-order valence-electron chi connectivity index (χ3n) is 3.81. The molecule has 0 bridgehead atoms. The van der Waals surface area contributed by atoms with E-state index in [2.05, 4.69) is 5.32 Å². The van der Waals surface area contributed by atoms with Gasteiger partial charge in [-0.1, -0.05) is 6.07 Å². The molecule has 0 aliphatic heterocycles. The number of furan rings is 1. The van der Waals surface area contributed by atoms with Crippen molar-refractivity contribution >= 4 is 11.4 Å². The van der Waals surface area contributed by atoms with Crippen LogP contribution in [0.2, 0.25) is 0 Å². The predicted octanol–water partition coefficient (Wildman–Crippen LogP) is 3.99. The van der Waals surface area contributed by atoms with E-state index in [0.717, 1.165) is 36.3 Å². The van der Waals surface area contributed by atoms with Gasteiger partial charge in [0.25, 0.3) is 5.69 Å². The van der Waals surface area contributed by atoms with Gasteiger partial charge >= 0.3 is 0 Å². The van der Waals surface area contributed by atoms with Crippen molar-refractivity contribution in [3.63, 3.8) is 0 Å². The Balaban J connectivity index is 1.89. The van der Waals surface area contributed by atoms with Crippen LogP contribution in [0.4, 0.5) is 11.4 Å². The van der Waals surface area contributed by atoms with Crippen molar-refractivity contribution < 1.29 is 9.34 Å². The number of anilines is 1. The van der Waals surface area contributed by atoms with Gasteiger partial charge < -0.3 is 9.73 Å². The van der Waals surface area contributed by atoms with Crippen molar-refractivity contribution in [2.75, 3.05) is 5.32 Å². The van der Waals surface area contributed by atoms with Crippen molar-refractivity contribution in [1.29, 1.82) is 0 Å². The Labute approximate surface area is 116 Å². The lowest BCUT2D eigenvalue weighted by Gasteiger charge is -2.24. The topological polar surface area (TPSA) is 68.3 Å². The lowest BCUT2D eigenvalue weighted by atomic mass is 9.93. The molecule has 5 heteroatoms. The lowest BCUT2D eigenvalue weighted by molar-refractivity contribution is -0.384. The Bertz CT molecular complexity index is 648. The molecule has 0 radical (unpaired) electrons. The molecule has 1 N–H and O–H groups in total. The Hall–Kier alpha value is -2.30. The minimum Gasteiger partial charge on any atom is -0.469 e. The molecule has 1 aromatic heterocycles. The van der Waals surface area contributed by atoms with E-state index in [0.29, 0.717) is 0 Å². The molecule has 1 atom stereocenters. The second-order valence-corrected chi connectivity index (χ2v) is 5.14. The summed E-state index contributed by atoms with van der Waals surface area (Å²) in [4.78, 5) is 10.5. The zero-order valence-corrected chi connectivity index (χ0v) is 11.3. The molecule has 5 nitrogen and oxygen atoms in total. The third-order valence-corrected chi connectivity index (χ3v) is 3.81. The highest BCUT2D eigenvalue weighted by atomic mass is 16.6. The average Bonchev–Trinajstić information content (AvgIpc) is 2.90. The molecule has 2 aromatic rings. The predicted molar refractivity (Wildman–Crippen MR) is 75.8 cm³/mol. The molecule has 1 heterocycles. The molecular formula is C15H16N2O3. The number of nitro benzene ring substituents is 1. The Kier molecular flexibility index (Phi) is 3.18. The minimum absolute atomic E-state index is 0.112. The smallest absolute Gasteiger partial charge is 0.271 e. The number of nitro groups is 1. The van der Waals surface area contributed by atoms with Gasteiger partial charge in [0, 0.05) is 29.8 Å². The standard InChI is InChI=1S/C15H16N2O3/c1-10-5-6-11(17(18)19)9-14(10)16-13-3-2-4-15-12(13)7-8-20-15/h5-9,13,16H,2-4H2,1H3. The van der Waals surface area contributed by atoms with E-state index in [1.54, 1.807) is 18.4 Å². The highest BCUT2D eigenvalue weighted by molar-refractivity contribution is 5.58. The van der Waals surface area contributed by atoms with Crippen LogP contribution in [-0.2, 0) is 6.42 Å². The molecule has 0 saturated heterocycles. The summed E-state index contributed by atoms with van der Waals surface area (Å²) >= 11 is 0. The molecule has 0 saturated carbocycles. The highest BCUT2D eigenvalue weighted by Gasteiger charge is 2.23. The van der Waals surface area contributed by atoms with Crippen LogP contribution in [0.3, 0.4) is 0 Å². The number of hydrogen-bond acceptors (Lipinski definition) is 4. The first-order chi connectivity index (χ1) is 9.65. The number of hydrogen-bond donors (Lipinski definition) is 1. The first-order valence-electron chi connectivity index (χ1n) is 6.73. The number of non-ortho nitro benzene ring substituents is 1. The number of fused-ring (bicyclic) bond motifs is 1. The Morgan fingerprint density at radius 2 is 2.25 bits per heavy atom. The second kappa shape index (κ2) is 5.00. The SMILES string of the molecule is Cc1ccc([N+](=O)[O-])cc1NC1CCCc2occc21. The van der Waals surface area contributed by atoms with E-state index in [1.165, 1.54) is 11.6 Å². The summed E-state index contributed by atoms with van der Waals surface area (Å²) in [6.07, 6.45) is 4.75. The van der Waals surface area contributed by atoms with E-state index >= 15 is 0 Å². The van der Waals surface area contributed by atoms with E-state index in [9.17, 15) is 10.1 Å². The van der Waals surface area contributed by atoms with E-state index in [4.69, 9.17) is 4.42 Å². The van der Waals surface area contributed by atoms with Crippen LogP contribution in [0.5, 0.6) is 0 Å². The normalized spacial score (nSPS) is 17.6. The molecule has 0 amide bonds. The van der Waals surface area contributed by atoms with Crippen LogP contribution in [0.1, 0.15) is 35.8 Å². The summed E-state index contributed by atoms with van der Waals surface area (Å²) in [6, 6.07) is 7.06. The number of aryl methyl sites for hydroxylation is 2. The average molecular weight is 272 g/mol. The summed E-state index contributed by atoms with van der Waals surface area (Å²) in [5, 5.41) is 14.3. The summed E-state index contributed by atoms with van der Waals surface area (Å²) in [5.41, 5.74) is 3.10. The molecule has 0 spiro atoms. The largest absolute Gasteiger partial charge is 0.469 e. The quantitative estimate of drug-likeness (QED) is 0.677. The number of rotatable bonds is 3. The van der Waals surface area contributed by atoms with E-state index in [1.807, 2.05) is 13.0 Å². The number of nitrogens with one attached hydrogen (secondary N) is 1. The summed E-state index contributed by atoms with van der Waals surface area (Å²) < 4.78 is 5.47. The van der Waals surface area contributed by atoms with Gasteiger partial charge in [0.15, 0.2) is 0 Å². The number of nitrogens with zero attached hydrogens (tertiary/aromatic N) is 1. The maximum atomic E-state index is 10.9. The summed E-state index contributed by atoms with van der Waals surface area (Å²) in [7, 11) is 0. The fourth-order valence-corrected chi connectivity index (χ4v) is 2.70. The molecule has 104 valence electrons. The molecular weight excluding hydrogens is 256 g/mol. The van der Waals surface area contributed by atoms with Crippen LogP contribution < -0.4 is 5.32 Å². The van der Waals surface area contributed by atoms with Gasteiger partial charge in [-0.3, -0.25) is 10.1 Å². The first kappa shape index (κ1) is 12.7. The second-order valence-electron chi connectivity index (χ2n) is 5.14. The van der Waals surface area contributed by atoms with Gasteiger partial charge in [0.1, 0.15) is 5.76 Å². The molecule has 1 aromatic carbocycles. The van der Waals surface area contributed by atoms with Crippen LogP contribution in [-0.4, -0.2) is 4.92 Å². The Morgan fingerprint density at radius 1 is 1.40 bits per heavy atom. The van der Waals surface area contributed by atoms with Crippen LogP contribution in [0.15, 0.2) is 34.9 Å². The third kappa shape index (κ3) is 2.27. The molecule has 0 fully saturated rings. The van der Waals surface area contributed by atoms with Gasteiger partial charge in [-0.25, -0.2) is 0 Å². The first-order valence-corrected chi connectivity index (χ1v) is 6.73. The van der Waals surface area contributed by atoms with Crippen molar-refractivity contribution in [3.8, 4) is 0 Å². The minimum atomic E-state index is -0.366. The summed E-state index contributed by atoms with van der Waals surface area (Å²) in [5.74, 6) is 1.02. The monoisotopic (exact) mass is 272 g/mol. The van der Waals surface area contributed by atoms with E-state index < -0.39 is 0 Å². The molecule has 1 unspecified atom stereocenters. The zero-order valence-electron chi connectivity index (χ0n) is 11.3. The van der Waals surface area contributed by atoms with Crippen LogP contribution in [0.25, 0.3) is 0 Å². The zero-order chi connectivity index (χ0) is 14.1. The van der Waals surface area contributed by atoms with Gasteiger partial charge in [-0.05, 0) is 31.4 Å². The van der Waals surface area contributed by atoms with Crippen molar-refractivity contribution in [1.82, 2.24) is 0 Å². The lowest BCUT2D eigenvalue weighted by Crippen LogP contribution is -2.16. The van der Waals surface area contributed by atoms with Crippen LogP contribution in [0, 0.1) is 17.0 Å². The van der Waals surface area contributed by atoms with Crippen molar-refractivity contribution in [3.05, 3.63) is 57.5 Å². The summed E-state index contributed by atoms with van der Waals surface area (Å²) in [6.45, 7) is 1.95. The van der Waals surface area contributed by atoms with Gasteiger partial charge in [-0.2, -0.15) is 0 Å². The maximum Gasteiger partial charge on any atom is 0.271 e. The molecule has 3 rings (SSSR count). The fourth-order valence-electron chi connectivity index (χ4n) is 2.70. The molecule has 1 aliphatic rings. The fraction of sp³-hybridized carbons (Fsp3) is 0.333. The molecule has 20 heavy (non-hydrogen) atoms. The van der Waals surface area contributed by atoms with Gasteiger partial charge in [-0.15, -0.1) is 0 Å². The van der Waals surface area contributed by atoms with Gasteiger partial charge in [0.2, 0.25) is 0 Å². The molecule has 1 aliphatic carbocycles. The Morgan fingerprint density at radius 3 is 3.05 bits per heavy atom. The number of benzene rings is 1. The highest BCUT2D eigenvalue weighted by Crippen LogP contribution is 2.34. The van der Waals surface area contributed by atoms with Crippen molar-refractivity contribution in [2.45, 2.75) is 32.2 Å². The van der Waals surface area contributed by atoms with E-state index in [-0.39, 0.29) is 16.7 Å². The van der Waals surface area contributed by atoms with Crippen molar-refractivity contribution in [2.24, 2.45) is 0 Å². The van der Waals surface area contributed by atoms with Gasteiger partial charge in [0.05, 0.1) is 17.2 Å². The van der Waals surface area contributed by atoms with Crippen LogP contribution >= 0.6 is 0 Å².